The maximum absolute atomic E-state index is 13.0. The molecule has 1 aromatic heterocycles. The van der Waals surface area contributed by atoms with E-state index in [1.165, 1.54) is 16.7 Å². The van der Waals surface area contributed by atoms with Crippen LogP contribution in [0, 0.1) is 5.92 Å². The highest BCUT2D eigenvalue weighted by Crippen LogP contribution is 2.34. The Morgan fingerprint density at radius 2 is 1.55 bits per heavy atom. The second kappa shape index (κ2) is 10.3. The zero-order chi connectivity index (χ0) is 22.5. The van der Waals surface area contributed by atoms with Crippen molar-refractivity contribution in [2.24, 2.45) is 5.92 Å². The summed E-state index contributed by atoms with van der Waals surface area (Å²) in [5.74, 6) is 1.23. The van der Waals surface area contributed by atoms with Gasteiger partial charge in [-0.05, 0) is 54.0 Å². The number of fused-ring (bicyclic) bond motifs is 1. The highest BCUT2D eigenvalue weighted by Gasteiger charge is 2.39. The van der Waals surface area contributed by atoms with Gasteiger partial charge in [0.15, 0.2) is 0 Å². The van der Waals surface area contributed by atoms with E-state index in [4.69, 9.17) is 0 Å². The summed E-state index contributed by atoms with van der Waals surface area (Å²) in [5, 5.41) is 0. The van der Waals surface area contributed by atoms with E-state index < -0.39 is 0 Å². The van der Waals surface area contributed by atoms with Gasteiger partial charge >= 0.3 is 0 Å². The van der Waals surface area contributed by atoms with Crippen LogP contribution in [0.25, 0.3) is 0 Å². The zero-order valence-electron chi connectivity index (χ0n) is 19.2. The fraction of sp³-hybridized carbons (Fsp3) is 0.379. The number of hydrogen-bond donors (Lipinski definition) is 0. The van der Waals surface area contributed by atoms with Crippen LogP contribution in [-0.2, 0) is 11.3 Å². The Balaban J connectivity index is 1.27. The van der Waals surface area contributed by atoms with Gasteiger partial charge in [-0.3, -0.25) is 14.7 Å². The van der Waals surface area contributed by atoms with Gasteiger partial charge in [-0.2, -0.15) is 0 Å². The number of carbonyl (C=O) groups is 1. The monoisotopic (exact) mass is 439 g/mol. The first kappa shape index (κ1) is 21.8. The molecule has 33 heavy (non-hydrogen) atoms. The number of pyridine rings is 1. The van der Waals surface area contributed by atoms with Crippen LogP contribution in [0.5, 0.6) is 0 Å². The predicted octanol–water partition coefficient (Wildman–Crippen LogP) is 5.12. The third-order valence-corrected chi connectivity index (χ3v) is 7.45. The van der Waals surface area contributed by atoms with Crippen LogP contribution in [0.3, 0.4) is 0 Å². The van der Waals surface area contributed by atoms with Crippen LogP contribution < -0.4 is 0 Å². The Morgan fingerprint density at radius 1 is 0.879 bits per heavy atom. The molecule has 2 saturated heterocycles. The Labute approximate surface area is 197 Å². The third kappa shape index (κ3) is 5.17. The molecule has 2 fully saturated rings. The Bertz CT molecular complexity index is 985. The van der Waals surface area contributed by atoms with Gasteiger partial charge in [0.2, 0.25) is 5.91 Å². The van der Waals surface area contributed by atoms with Crippen LogP contribution in [0.4, 0.5) is 0 Å². The van der Waals surface area contributed by atoms with Crippen molar-refractivity contribution in [3.05, 3.63) is 102 Å². The van der Waals surface area contributed by atoms with Crippen LogP contribution in [0.1, 0.15) is 48.3 Å². The topological polar surface area (TPSA) is 36.4 Å². The molecule has 170 valence electrons. The molecule has 2 aliphatic heterocycles. The van der Waals surface area contributed by atoms with E-state index >= 15 is 0 Å². The summed E-state index contributed by atoms with van der Waals surface area (Å²) in [6.45, 7) is 3.94. The summed E-state index contributed by atoms with van der Waals surface area (Å²) < 4.78 is 0. The highest BCUT2D eigenvalue weighted by atomic mass is 16.2. The SMILES string of the molecule is O=C1CC[C@@H]2CN(Cc3ccncc3)CC[C@@H]2N1CCC(c1ccccc1)c1ccccc1. The Hall–Kier alpha value is -2.98. The van der Waals surface area contributed by atoms with E-state index in [2.05, 4.69) is 87.6 Å². The van der Waals surface area contributed by atoms with Crippen molar-refractivity contribution in [1.29, 1.82) is 0 Å². The molecule has 2 aromatic carbocycles. The van der Waals surface area contributed by atoms with Gasteiger partial charge in [0, 0.05) is 57.0 Å². The molecule has 3 heterocycles. The normalized spacial score (nSPS) is 21.2. The molecule has 2 atom stereocenters. The molecule has 0 radical (unpaired) electrons. The molecule has 3 aromatic rings. The molecule has 0 spiro atoms. The minimum Gasteiger partial charge on any atom is -0.339 e. The summed E-state index contributed by atoms with van der Waals surface area (Å²) in [5.41, 5.74) is 3.98. The van der Waals surface area contributed by atoms with Gasteiger partial charge < -0.3 is 4.90 Å². The molecule has 5 rings (SSSR count). The van der Waals surface area contributed by atoms with Crippen molar-refractivity contribution in [3.63, 3.8) is 0 Å². The maximum Gasteiger partial charge on any atom is 0.222 e. The number of amides is 1. The molecule has 0 saturated carbocycles. The summed E-state index contributed by atoms with van der Waals surface area (Å²) in [7, 11) is 0. The van der Waals surface area contributed by atoms with Crippen molar-refractivity contribution in [2.45, 2.75) is 44.2 Å². The van der Waals surface area contributed by atoms with Crippen molar-refractivity contribution < 1.29 is 4.79 Å². The number of benzene rings is 2. The second-order valence-electron chi connectivity index (χ2n) is 9.50. The van der Waals surface area contributed by atoms with Crippen LogP contribution in [0.2, 0.25) is 0 Å². The van der Waals surface area contributed by atoms with E-state index in [9.17, 15) is 4.79 Å². The molecule has 4 nitrogen and oxygen atoms in total. The van der Waals surface area contributed by atoms with Gasteiger partial charge in [-0.25, -0.2) is 0 Å². The van der Waals surface area contributed by atoms with Crippen molar-refractivity contribution >= 4 is 5.91 Å². The smallest absolute Gasteiger partial charge is 0.222 e. The van der Waals surface area contributed by atoms with Crippen LogP contribution >= 0.6 is 0 Å². The summed E-state index contributed by atoms with van der Waals surface area (Å²) >= 11 is 0. The number of carbonyl (C=O) groups excluding carboxylic acids is 1. The van der Waals surface area contributed by atoms with Gasteiger partial charge in [0.25, 0.3) is 0 Å². The molecule has 2 aliphatic rings. The van der Waals surface area contributed by atoms with Gasteiger partial charge in [0.05, 0.1) is 0 Å². The third-order valence-electron chi connectivity index (χ3n) is 7.45. The summed E-state index contributed by atoms with van der Waals surface area (Å²) in [6.07, 6.45) is 7.49. The molecule has 0 bridgehead atoms. The van der Waals surface area contributed by atoms with Crippen molar-refractivity contribution in [1.82, 2.24) is 14.8 Å². The number of piperidine rings is 2. The average molecular weight is 440 g/mol. The van der Waals surface area contributed by atoms with E-state index in [1.807, 2.05) is 12.4 Å². The maximum atomic E-state index is 13.0. The van der Waals surface area contributed by atoms with E-state index in [-0.39, 0.29) is 0 Å². The van der Waals surface area contributed by atoms with Crippen LogP contribution in [0.15, 0.2) is 85.2 Å². The fourth-order valence-electron chi connectivity index (χ4n) is 5.77. The minimum atomic E-state index is 0.312. The lowest BCUT2D eigenvalue weighted by Gasteiger charge is -2.47. The first-order valence-corrected chi connectivity index (χ1v) is 12.3. The zero-order valence-corrected chi connectivity index (χ0v) is 19.2. The number of likely N-dealkylation sites (tertiary alicyclic amines) is 2. The van der Waals surface area contributed by atoms with Crippen LogP contribution in [-0.4, -0.2) is 46.4 Å². The highest BCUT2D eigenvalue weighted by molar-refractivity contribution is 5.77. The van der Waals surface area contributed by atoms with E-state index in [1.54, 1.807) is 0 Å². The summed E-state index contributed by atoms with van der Waals surface area (Å²) in [6, 6.07) is 26.1. The molecular formula is C29H33N3O. The molecule has 1 amide bonds. The first-order valence-electron chi connectivity index (χ1n) is 12.3. The van der Waals surface area contributed by atoms with Crippen molar-refractivity contribution in [2.75, 3.05) is 19.6 Å². The first-order chi connectivity index (χ1) is 16.3. The minimum absolute atomic E-state index is 0.312. The largest absolute Gasteiger partial charge is 0.339 e. The molecule has 0 unspecified atom stereocenters. The number of rotatable bonds is 7. The van der Waals surface area contributed by atoms with Gasteiger partial charge in [-0.1, -0.05) is 60.7 Å². The quantitative estimate of drug-likeness (QED) is 0.513. The molecular weight excluding hydrogens is 406 g/mol. The number of hydrogen-bond acceptors (Lipinski definition) is 3. The predicted molar refractivity (Wildman–Crippen MR) is 132 cm³/mol. The lowest BCUT2D eigenvalue weighted by atomic mass is 9.82. The molecule has 0 aliphatic carbocycles. The standard InChI is InChI=1S/C29H33N3O/c33-29-12-11-26-22-31(21-23-13-17-30-18-14-23)19-16-28(26)32(29)20-15-27(24-7-3-1-4-8-24)25-9-5-2-6-10-25/h1-10,13-14,17-18,26-28H,11-12,15-16,19-22H2/t26-,28+/m1/s1. The lowest BCUT2D eigenvalue weighted by molar-refractivity contribution is -0.141. The fourth-order valence-corrected chi connectivity index (χ4v) is 5.77. The number of aromatic nitrogens is 1. The Kier molecular flexibility index (Phi) is 6.82. The average Bonchev–Trinajstić information content (AvgIpc) is 2.87. The van der Waals surface area contributed by atoms with E-state index in [0.29, 0.717) is 30.2 Å². The van der Waals surface area contributed by atoms with Gasteiger partial charge in [0.1, 0.15) is 0 Å². The van der Waals surface area contributed by atoms with Gasteiger partial charge in [-0.15, -0.1) is 0 Å². The molecule has 0 N–H and O–H groups in total. The Morgan fingerprint density at radius 3 is 2.21 bits per heavy atom. The summed E-state index contributed by atoms with van der Waals surface area (Å²) in [4.78, 5) is 21.9. The number of nitrogens with zero attached hydrogens (tertiary/aromatic N) is 3. The second-order valence-corrected chi connectivity index (χ2v) is 9.50. The lowest BCUT2D eigenvalue weighted by Crippen LogP contribution is -2.56. The molecule has 4 heteroatoms. The van der Waals surface area contributed by atoms with Crippen molar-refractivity contribution in [3.8, 4) is 0 Å². The van der Waals surface area contributed by atoms with E-state index in [0.717, 1.165) is 45.4 Å².